The highest BCUT2D eigenvalue weighted by Crippen LogP contribution is 2.60. The van der Waals surface area contributed by atoms with E-state index in [4.69, 9.17) is 21.1 Å². The Hall–Kier alpha value is -1.55. The third-order valence-corrected chi connectivity index (χ3v) is 4.67. The Morgan fingerprint density at radius 2 is 1.86 bits per heavy atom. The summed E-state index contributed by atoms with van der Waals surface area (Å²) in [6.45, 7) is 9.42. The van der Waals surface area contributed by atoms with Crippen molar-refractivity contribution >= 4 is 24.3 Å². The molecule has 0 spiro atoms. The Morgan fingerprint density at radius 3 is 2.27 bits per heavy atom. The minimum atomic E-state index is -0.284. The molecule has 0 N–H and O–H groups in total. The molecule has 2 aliphatic rings. The van der Waals surface area contributed by atoms with E-state index in [9.17, 15) is 4.79 Å². The standard InChI is InChI=1S/C14H16ClNO2.C2H6.CH2O/c1-14(15)11-8-16(13(17)12(11)14)7-9-3-5-10(18-2)6-4-9;2*1-2/h3-6,11-12H,7-8H2,1-2H3;1-2H3;1H2. The fourth-order valence-electron chi connectivity index (χ4n) is 2.88. The summed E-state index contributed by atoms with van der Waals surface area (Å²) in [5.41, 5.74) is 1.13. The number of hydrogen-bond acceptors (Lipinski definition) is 3. The van der Waals surface area contributed by atoms with Crippen LogP contribution in [0.3, 0.4) is 0 Å². The van der Waals surface area contributed by atoms with Gasteiger partial charge >= 0.3 is 0 Å². The second-order valence-corrected chi connectivity index (χ2v) is 6.12. The average molecular weight is 326 g/mol. The van der Waals surface area contributed by atoms with Crippen LogP contribution in [-0.4, -0.2) is 36.1 Å². The van der Waals surface area contributed by atoms with Crippen LogP contribution in [0.25, 0.3) is 0 Å². The van der Waals surface area contributed by atoms with E-state index in [1.807, 2.05) is 56.7 Å². The molecule has 0 bridgehead atoms. The third kappa shape index (κ3) is 3.43. The molecule has 2 fully saturated rings. The second kappa shape index (κ2) is 7.63. The first kappa shape index (κ1) is 18.5. The predicted molar refractivity (Wildman–Crippen MR) is 88.1 cm³/mol. The Balaban J connectivity index is 0.000000561. The SMILES string of the molecule is C=O.CC.COc1ccc(CN2CC3C(C2=O)C3(C)Cl)cc1. The van der Waals surface area contributed by atoms with Crippen LogP contribution >= 0.6 is 11.6 Å². The molecule has 1 aromatic carbocycles. The highest BCUT2D eigenvalue weighted by atomic mass is 35.5. The number of methoxy groups -OCH3 is 1. The number of likely N-dealkylation sites (tertiary alicyclic amines) is 1. The fourth-order valence-corrected chi connectivity index (χ4v) is 3.26. The van der Waals surface area contributed by atoms with Gasteiger partial charge in [0.2, 0.25) is 5.91 Å². The lowest BCUT2D eigenvalue weighted by molar-refractivity contribution is -0.130. The van der Waals surface area contributed by atoms with Crippen molar-refractivity contribution in [1.29, 1.82) is 0 Å². The summed E-state index contributed by atoms with van der Waals surface area (Å²) in [6.07, 6.45) is 0. The van der Waals surface area contributed by atoms with Crippen LogP contribution in [0.15, 0.2) is 24.3 Å². The molecule has 3 rings (SSSR count). The van der Waals surface area contributed by atoms with Crippen molar-refractivity contribution in [2.75, 3.05) is 13.7 Å². The molecule has 1 aliphatic heterocycles. The number of nitrogens with zero attached hydrogens (tertiary/aromatic N) is 1. The first-order valence-electron chi connectivity index (χ1n) is 7.43. The van der Waals surface area contributed by atoms with Crippen LogP contribution in [-0.2, 0) is 16.1 Å². The lowest BCUT2D eigenvalue weighted by atomic mass is 10.2. The molecule has 22 heavy (non-hydrogen) atoms. The normalized spacial score (nSPS) is 27.9. The van der Waals surface area contributed by atoms with Crippen LogP contribution in [0, 0.1) is 11.8 Å². The largest absolute Gasteiger partial charge is 0.497 e. The molecule has 4 nitrogen and oxygen atoms in total. The van der Waals surface area contributed by atoms with E-state index in [1.54, 1.807) is 7.11 Å². The monoisotopic (exact) mass is 325 g/mol. The fraction of sp³-hybridized carbons (Fsp3) is 0.529. The Labute approximate surface area is 137 Å². The number of piperidine rings is 1. The molecule has 3 unspecified atom stereocenters. The third-order valence-electron chi connectivity index (χ3n) is 4.15. The summed E-state index contributed by atoms with van der Waals surface area (Å²) in [5.74, 6) is 1.42. The quantitative estimate of drug-likeness (QED) is 0.802. The summed E-state index contributed by atoms with van der Waals surface area (Å²) in [6, 6.07) is 7.83. The molecule has 1 saturated carbocycles. The van der Waals surface area contributed by atoms with Gasteiger partial charge in [0.1, 0.15) is 12.5 Å². The van der Waals surface area contributed by atoms with Gasteiger partial charge in [0.25, 0.3) is 0 Å². The Kier molecular flexibility index (Phi) is 6.42. The highest BCUT2D eigenvalue weighted by molar-refractivity contribution is 6.29. The van der Waals surface area contributed by atoms with Crippen LogP contribution in [0.2, 0.25) is 0 Å². The van der Waals surface area contributed by atoms with Crippen molar-refractivity contribution < 1.29 is 14.3 Å². The van der Waals surface area contributed by atoms with Gasteiger partial charge in [-0.05, 0) is 24.6 Å². The molecular formula is C17H24ClNO3. The van der Waals surface area contributed by atoms with Gasteiger partial charge in [-0.15, -0.1) is 11.6 Å². The molecule has 1 heterocycles. The van der Waals surface area contributed by atoms with Crippen LogP contribution < -0.4 is 4.74 Å². The van der Waals surface area contributed by atoms with Gasteiger partial charge in [-0.2, -0.15) is 0 Å². The van der Waals surface area contributed by atoms with Gasteiger partial charge in [-0.25, -0.2) is 0 Å². The molecular weight excluding hydrogens is 302 g/mol. The van der Waals surface area contributed by atoms with Crippen molar-refractivity contribution in [2.45, 2.75) is 32.2 Å². The molecule has 122 valence electrons. The molecule has 0 radical (unpaired) electrons. The van der Waals surface area contributed by atoms with Crippen molar-refractivity contribution in [3.05, 3.63) is 29.8 Å². The van der Waals surface area contributed by atoms with E-state index in [0.29, 0.717) is 12.5 Å². The van der Waals surface area contributed by atoms with Gasteiger partial charge in [0, 0.05) is 19.0 Å². The van der Waals surface area contributed by atoms with E-state index < -0.39 is 0 Å². The number of ether oxygens (including phenoxy) is 1. The van der Waals surface area contributed by atoms with E-state index in [1.165, 1.54) is 0 Å². The average Bonchev–Trinajstić information content (AvgIpc) is 2.91. The Morgan fingerprint density at radius 1 is 1.32 bits per heavy atom. The molecule has 1 saturated heterocycles. The smallest absolute Gasteiger partial charge is 0.228 e. The van der Waals surface area contributed by atoms with Gasteiger partial charge < -0.3 is 14.4 Å². The van der Waals surface area contributed by atoms with Crippen molar-refractivity contribution in [1.82, 2.24) is 4.90 Å². The zero-order valence-electron chi connectivity index (χ0n) is 13.6. The lowest BCUT2D eigenvalue weighted by Crippen LogP contribution is -2.32. The number of halogens is 1. The zero-order valence-corrected chi connectivity index (χ0v) is 14.4. The van der Waals surface area contributed by atoms with Crippen LogP contribution in [0.1, 0.15) is 26.3 Å². The van der Waals surface area contributed by atoms with Gasteiger partial charge in [0.15, 0.2) is 0 Å². The number of amides is 1. The number of carbonyl (C=O) groups is 2. The zero-order chi connectivity index (χ0) is 16.9. The summed E-state index contributed by atoms with van der Waals surface area (Å²) >= 11 is 6.25. The van der Waals surface area contributed by atoms with Crippen LogP contribution in [0.5, 0.6) is 5.75 Å². The summed E-state index contributed by atoms with van der Waals surface area (Å²) in [5, 5.41) is 0. The number of carbonyl (C=O) groups excluding carboxylic acids is 2. The number of fused-ring (bicyclic) bond motifs is 1. The maximum absolute atomic E-state index is 12.1. The first-order chi connectivity index (χ1) is 10.5. The minimum Gasteiger partial charge on any atom is -0.497 e. The van der Waals surface area contributed by atoms with E-state index in [0.717, 1.165) is 17.9 Å². The number of hydrogen-bond donors (Lipinski definition) is 0. The van der Waals surface area contributed by atoms with Gasteiger partial charge in [-0.3, -0.25) is 4.79 Å². The maximum Gasteiger partial charge on any atom is 0.228 e. The van der Waals surface area contributed by atoms with Crippen molar-refractivity contribution in [3.63, 3.8) is 0 Å². The molecule has 1 aromatic rings. The van der Waals surface area contributed by atoms with E-state index in [-0.39, 0.29) is 16.7 Å². The maximum atomic E-state index is 12.1. The molecule has 1 aliphatic carbocycles. The molecule has 3 atom stereocenters. The summed E-state index contributed by atoms with van der Waals surface area (Å²) in [4.78, 5) is 21.7. The first-order valence-corrected chi connectivity index (χ1v) is 7.81. The van der Waals surface area contributed by atoms with Gasteiger partial charge in [-0.1, -0.05) is 26.0 Å². The topological polar surface area (TPSA) is 46.6 Å². The molecule has 5 heteroatoms. The summed E-state index contributed by atoms with van der Waals surface area (Å²) in [7, 11) is 1.65. The lowest BCUT2D eigenvalue weighted by Gasteiger charge is -2.21. The number of alkyl halides is 1. The van der Waals surface area contributed by atoms with Crippen molar-refractivity contribution in [2.24, 2.45) is 11.8 Å². The number of rotatable bonds is 3. The second-order valence-electron chi connectivity index (χ2n) is 5.30. The highest BCUT2D eigenvalue weighted by Gasteiger charge is 2.69. The minimum absolute atomic E-state index is 0.0393. The van der Waals surface area contributed by atoms with E-state index in [2.05, 4.69) is 0 Å². The number of benzene rings is 1. The summed E-state index contributed by atoms with van der Waals surface area (Å²) < 4.78 is 5.11. The van der Waals surface area contributed by atoms with E-state index >= 15 is 0 Å². The molecule has 1 amide bonds. The molecule has 0 aromatic heterocycles. The Bertz CT molecular complexity index is 501. The van der Waals surface area contributed by atoms with Crippen molar-refractivity contribution in [3.8, 4) is 5.75 Å². The van der Waals surface area contributed by atoms with Crippen LogP contribution in [0.4, 0.5) is 0 Å². The van der Waals surface area contributed by atoms with Gasteiger partial charge in [0.05, 0.1) is 17.9 Å². The predicted octanol–water partition coefficient (Wildman–Crippen LogP) is 3.12.